The first-order chi connectivity index (χ1) is 8.24. The van der Waals surface area contributed by atoms with E-state index in [0.717, 1.165) is 5.56 Å². The minimum Gasteiger partial charge on any atom is -0.289 e. The van der Waals surface area contributed by atoms with Crippen molar-refractivity contribution in [2.75, 3.05) is 0 Å². The van der Waals surface area contributed by atoms with E-state index in [0.29, 0.717) is 16.4 Å². The van der Waals surface area contributed by atoms with Crippen LogP contribution in [-0.2, 0) is 4.57 Å². The number of carbonyl (C=O) groups is 1. The summed E-state index contributed by atoms with van der Waals surface area (Å²) in [6.45, 7) is 1.89. The third-order valence-corrected chi connectivity index (χ3v) is 3.22. The second-order valence-corrected chi connectivity index (χ2v) is 4.42. The minimum atomic E-state index is -0.127. The number of hydrogen-bond donors (Lipinski definition) is 0. The lowest BCUT2D eigenvalue weighted by Gasteiger charge is -2.05. The van der Waals surface area contributed by atoms with Crippen LogP contribution in [0.4, 0.5) is 0 Å². The molecule has 0 saturated carbocycles. The molecule has 0 aliphatic rings. The van der Waals surface area contributed by atoms with Crippen LogP contribution in [0.15, 0.2) is 48.5 Å². The van der Waals surface area contributed by atoms with E-state index in [1.165, 1.54) is 0 Å². The number of aryl methyl sites for hydroxylation is 1. The van der Waals surface area contributed by atoms with Gasteiger partial charge >= 0.3 is 0 Å². The molecular weight excluding hydrogens is 231 g/mol. The average molecular weight is 242 g/mol. The van der Waals surface area contributed by atoms with E-state index in [9.17, 15) is 9.36 Å². The maximum Gasteiger partial charge on any atom is 0.194 e. The van der Waals surface area contributed by atoms with Crippen molar-refractivity contribution in [2.45, 2.75) is 6.92 Å². The van der Waals surface area contributed by atoms with Crippen molar-refractivity contribution >= 4 is 19.5 Å². The molecule has 84 valence electrons. The fourth-order valence-electron chi connectivity index (χ4n) is 1.72. The Morgan fingerprint density at radius 2 is 1.53 bits per heavy atom. The van der Waals surface area contributed by atoms with E-state index in [1.807, 2.05) is 25.1 Å². The molecule has 0 radical (unpaired) electrons. The zero-order valence-electron chi connectivity index (χ0n) is 9.38. The summed E-state index contributed by atoms with van der Waals surface area (Å²) in [6.07, 6.45) is 0. The highest BCUT2D eigenvalue weighted by molar-refractivity contribution is 7.34. The maximum absolute atomic E-state index is 12.3. The molecule has 0 aliphatic carbocycles. The van der Waals surface area contributed by atoms with Crippen LogP contribution >= 0.6 is 8.46 Å². The molecular formula is C14H11O2P. The number of rotatable bonds is 3. The van der Waals surface area contributed by atoms with Crippen molar-refractivity contribution in [3.63, 3.8) is 0 Å². The Morgan fingerprint density at radius 1 is 0.941 bits per heavy atom. The maximum atomic E-state index is 12.3. The van der Waals surface area contributed by atoms with E-state index in [2.05, 4.69) is 0 Å². The molecule has 0 bridgehead atoms. The zero-order valence-corrected chi connectivity index (χ0v) is 10.3. The molecule has 3 heteroatoms. The monoisotopic (exact) mass is 242 g/mol. The second kappa shape index (κ2) is 5.03. The van der Waals surface area contributed by atoms with Gasteiger partial charge < -0.3 is 0 Å². The highest BCUT2D eigenvalue weighted by atomic mass is 31.1. The van der Waals surface area contributed by atoms with Crippen molar-refractivity contribution in [1.29, 1.82) is 0 Å². The number of ketones is 1. The highest BCUT2D eigenvalue weighted by Crippen LogP contribution is 2.14. The Morgan fingerprint density at radius 3 is 2.18 bits per heavy atom. The Bertz CT molecular complexity index is 576. The summed E-state index contributed by atoms with van der Waals surface area (Å²) in [4.78, 5) is 12.3. The van der Waals surface area contributed by atoms with Crippen molar-refractivity contribution in [1.82, 2.24) is 0 Å². The van der Waals surface area contributed by atoms with Crippen LogP contribution in [0.3, 0.4) is 0 Å². The first-order valence-electron chi connectivity index (χ1n) is 5.27. The fraction of sp³-hybridized carbons (Fsp3) is 0.0714. The van der Waals surface area contributed by atoms with E-state index >= 15 is 0 Å². The molecule has 2 aromatic carbocycles. The molecule has 0 atom stereocenters. The van der Waals surface area contributed by atoms with Gasteiger partial charge in [0.1, 0.15) is 0 Å². The number of benzene rings is 2. The largest absolute Gasteiger partial charge is 0.289 e. The van der Waals surface area contributed by atoms with Gasteiger partial charge in [-0.1, -0.05) is 36.4 Å². The van der Waals surface area contributed by atoms with Crippen LogP contribution in [0, 0.1) is 6.92 Å². The van der Waals surface area contributed by atoms with Crippen molar-refractivity contribution in [3.05, 3.63) is 65.2 Å². The lowest BCUT2D eigenvalue weighted by molar-refractivity contribution is 0.103. The van der Waals surface area contributed by atoms with Gasteiger partial charge in [-0.05, 0) is 24.6 Å². The van der Waals surface area contributed by atoms with Gasteiger partial charge in [0, 0.05) is 11.1 Å². The van der Waals surface area contributed by atoms with E-state index < -0.39 is 0 Å². The van der Waals surface area contributed by atoms with Gasteiger partial charge in [-0.15, -0.1) is 0 Å². The molecule has 0 unspecified atom stereocenters. The van der Waals surface area contributed by atoms with Crippen LogP contribution in [0.2, 0.25) is 0 Å². The second-order valence-electron chi connectivity index (χ2n) is 3.75. The zero-order chi connectivity index (χ0) is 12.3. The molecule has 0 spiro atoms. The van der Waals surface area contributed by atoms with Gasteiger partial charge in [0.15, 0.2) is 14.2 Å². The lowest BCUT2D eigenvalue weighted by atomic mass is 9.99. The predicted octanol–water partition coefficient (Wildman–Crippen LogP) is 3.14. The van der Waals surface area contributed by atoms with E-state index in [-0.39, 0.29) is 14.2 Å². The van der Waals surface area contributed by atoms with Crippen LogP contribution in [0.5, 0.6) is 0 Å². The van der Waals surface area contributed by atoms with Crippen LogP contribution < -0.4 is 5.30 Å². The molecule has 0 heterocycles. The molecule has 0 aliphatic heterocycles. The normalized spacial score (nSPS) is 10.4. The van der Waals surface area contributed by atoms with Gasteiger partial charge in [-0.2, -0.15) is 0 Å². The van der Waals surface area contributed by atoms with Crippen molar-refractivity contribution in [2.24, 2.45) is 0 Å². The van der Waals surface area contributed by atoms with Gasteiger partial charge in [-0.25, -0.2) is 0 Å². The topological polar surface area (TPSA) is 34.1 Å². The molecule has 2 rings (SSSR count). The van der Waals surface area contributed by atoms with Crippen LogP contribution in [0.25, 0.3) is 0 Å². The smallest absolute Gasteiger partial charge is 0.194 e. The Hall–Kier alpha value is -1.79. The summed E-state index contributed by atoms with van der Waals surface area (Å²) in [7, 11) is -0.127. The van der Waals surface area contributed by atoms with E-state index in [1.54, 1.807) is 30.3 Å². The molecule has 0 N–H and O–H groups in total. The SMILES string of the molecule is Cc1ccccc1C(=O)c1ccccc1P=O. The third-order valence-electron chi connectivity index (χ3n) is 2.64. The fourth-order valence-corrected chi connectivity index (χ4v) is 2.14. The summed E-state index contributed by atoms with van der Waals surface area (Å²) in [6, 6.07) is 14.4. The predicted molar refractivity (Wildman–Crippen MR) is 68.3 cm³/mol. The highest BCUT2D eigenvalue weighted by Gasteiger charge is 2.14. The van der Waals surface area contributed by atoms with Crippen molar-refractivity contribution < 1.29 is 9.36 Å². The Balaban J connectivity index is 2.51. The van der Waals surface area contributed by atoms with Gasteiger partial charge in [-0.3, -0.25) is 9.36 Å². The van der Waals surface area contributed by atoms with Gasteiger partial charge in [0.05, 0.1) is 5.30 Å². The molecule has 2 aromatic rings. The average Bonchev–Trinajstić information content (AvgIpc) is 2.38. The number of hydrogen-bond acceptors (Lipinski definition) is 2. The lowest BCUT2D eigenvalue weighted by Crippen LogP contribution is -2.12. The summed E-state index contributed by atoms with van der Waals surface area (Å²) in [5, 5.41) is 0.528. The molecule has 0 amide bonds. The number of carbonyl (C=O) groups excluding carboxylic acids is 1. The summed E-state index contributed by atoms with van der Waals surface area (Å²) < 4.78 is 11.0. The summed E-state index contributed by atoms with van der Waals surface area (Å²) >= 11 is 0. The first-order valence-corrected chi connectivity index (χ1v) is 6.08. The first kappa shape index (κ1) is 11.7. The standard InChI is InChI=1S/C14H11O2P/c1-10-6-2-3-7-11(10)14(15)12-8-4-5-9-13(12)17-16/h2-9H,1H3. The molecule has 2 nitrogen and oxygen atoms in total. The molecule has 0 aromatic heterocycles. The van der Waals surface area contributed by atoms with Gasteiger partial charge in [0.2, 0.25) is 0 Å². The van der Waals surface area contributed by atoms with E-state index in [4.69, 9.17) is 0 Å². The Labute approximate surface area is 101 Å². The van der Waals surface area contributed by atoms with Crippen LogP contribution in [-0.4, -0.2) is 5.78 Å². The minimum absolute atomic E-state index is 0.0814. The Kier molecular flexibility index (Phi) is 3.46. The molecule has 0 saturated heterocycles. The molecule has 17 heavy (non-hydrogen) atoms. The van der Waals surface area contributed by atoms with Crippen LogP contribution in [0.1, 0.15) is 21.5 Å². The third kappa shape index (κ3) is 2.32. The van der Waals surface area contributed by atoms with Crippen molar-refractivity contribution in [3.8, 4) is 0 Å². The molecule has 0 fully saturated rings. The quantitative estimate of drug-likeness (QED) is 0.612. The van der Waals surface area contributed by atoms with Gasteiger partial charge in [0.25, 0.3) is 0 Å². The summed E-state index contributed by atoms with van der Waals surface area (Å²) in [5.74, 6) is -0.0814. The summed E-state index contributed by atoms with van der Waals surface area (Å²) in [5.41, 5.74) is 2.08.